The molecule has 0 aliphatic carbocycles. The van der Waals surface area contributed by atoms with Gasteiger partial charge in [-0.1, -0.05) is 5.21 Å². The van der Waals surface area contributed by atoms with Gasteiger partial charge in [0.25, 0.3) is 0 Å². The lowest BCUT2D eigenvalue weighted by Gasteiger charge is -2.35. The van der Waals surface area contributed by atoms with Gasteiger partial charge in [0.05, 0.1) is 19.3 Å². The Balaban J connectivity index is 1.48. The fourth-order valence-corrected chi connectivity index (χ4v) is 3.45. The summed E-state index contributed by atoms with van der Waals surface area (Å²) in [5.41, 5.74) is 0.291. The number of nitrogens with one attached hydrogen (secondary N) is 1. The highest BCUT2D eigenvalue weighted by Gasteiger charge is 2.25. The van der Waals surface area contributed by atoms with Crippen LogP contribution in [-0.4, -0.2) is 65.7 Å². The largest absolute Gasteiger partial charge is 0.464 e. The van der Waals surface area contributed by atoms with E-state index in [1.807, 2.05) is 4.68 Å². The summed E-state index contributed by atoms with van der Waals surface area (Å²) in [5, 5.41) is 11.4. The number of carbonyl (C=O) groups excluding carboxylic acids is 1. The number of likely N-dealkylation sites (tertiary alicyclic amines) is 1. The molecule has 2 aliphatic rings. The zero-order valence-electron chi connectivity index (χ0n) is 13.2. The number of esters is 1. The molecule has 22 heavy (non-hydrogen) atoms. The molecule has 1 N–H and O–H groups in total. The van der Waals surface area contributed by atoms with Crippen LogP contribution in [0.5, 0.6) is 0 Å². The van der Waals surface area contributed by atoms with E-state index in [4.69, 9.17) is 0 Å². The molecule has 0 unspecified atom stereocenters. The number of carbonyl (C=O) groups is 1. The first-order chi connectivity index (χ1) is 10.8. The maximum Gasteiger partial charge on any atom is 0.360 e. The third-order valence-corrected chi connectivity index (χ3v) is 4.81. The molecule has 3 rings (SSSR count). The van der Waals surface area contributed by atoms with Crippen LogP contribution in [0.2, 0.25) is 0 Å². The molecule has 0 amide bonds. The summed E-state index contributed by atoms with van der Waals surface area (Å²) >= 11 is 0. The number of piperidine rings is 2. The predicted octanol–water partition coefficient (Wildman–Crippen LogP) is 0.701. The summed E-state index contributed by atoms with van der Waals surface area (Å²) in [7, 11) is 1.36. The number of hydrogen-bond donors (Lipinski definition) is 1. The molecule has 7 heteroatoms. The zero-order valence-corrected chi connectivity index (χ0v) is 13.2. The van der Waals surface area contributed by atoms with E-state index in [1.165, 1.54) is 26.5 Å². The first kappa shape index (κ1) is 15.4. The summed E-state index contributed by atoms with van der Waals surface area (Å²) in [6, 6.07) is 0.343. The quantitative estimate of drug-likeness (QED) is 0.826. The van der Waals surface area contributed by atoms with Crippen LogP contribution in [-0.2, 0) is 4.74 Å². The number of ether oxygens (including phenoxy) is 1. The van der Waals surface area contributed by atoms with Crippen LogP contribution in [0.1, 0.15) is 42.2 Å². The Morgan fingerprint density at radius 3 is 2.73 bits per heavy atom. The molecule has 3 heterocycles. The molecular formula is C15H25N5O2. The monoisotopic (exact) mass is 307 g/mol. The van der Waals surface area contributed by atoms with Crippen molar-refractivity contribution in [3.63, 3.8) is 0 Å². The topological polar surface area (TPSA) is 72.3 Å². The van der Waals surface area contributed by atoms with Crippen molar-refractivity contribution < 1.29 is 9.53 Å². The number of rotatable bonds is 4. The third-order valence-electron chi connectivity index (χ3n) is 4.81. The average molecular weight is 307 g/mol. The van der Waals surface area contributed by atoms with Crippen molar-refractivity contribution >= 4 is 5.97 Å². The molecule has 0 saturated carbocycles. The van der Waals surface area contributed by atoms with Gasteiger partial charge in [0.15, 0.2) is 5.69 Å². The standard InChI is InChI=1S/C15H25N5O2/c1-22-15(21)14-11-20(18-17-14)13-4-8-19(9-5-13)10-12-2-6-16-7-3-12/h11-13,16H,2-10H2,1H3. The van der Waals surface area contributed by atoms with Gasteiger partial charge in [0, 0.05) is 19.6 Å². The lowest BCUT2D eigenvalue weighted by Crippen LogP contribution is -2.40. The van der Waals surface area contributed by atoms with E-state index in [0.717, 1.165) is 44.9 Å². The van der Waals surface area contributed by atoms with Gasteiger partial charge in [-0.15, -0.1) is 5.10 Å². The molecule has 2 fully saturated rings. The van der Waals surface area contributed by atoms with Crippen LogP contribution in [0.25, 0.3) is 0 Å². The molecule has 1 aromatic rings. The van der Waals surface area contributed by atoms with Crippen LogP contribution < -0.4 is 5.32 Å². The molecule has 0 radical (unpaired) electrons. The van der Waals surface area contributed by atoms with Gasteiger partial charge in [-0.2, -0.15) is 0 Å². The highest BCUT2D eigenvalue weighted by atomic mass is 16.5. The fourth-order valence-electron chi connectivity index (χ4n) is 3.45. The van der Waals surface area contributed by atoms with E-state index in [2.05, 4.69) is 25.3 Å². The van der Waals surface area contributed by atoms with E-state index >= 15 is 0 Å². The van der Waals surface area contributed by atoms with E-state index < -0.39 is 5.97 Å². The average Bonchev–Trinajstić information content (AvgIpc) is 3.06. The summed E-state index contributed by atoms with van der Waals surface area (Å²) in [6.45, 7) is 5.75. The Kier molecular flexibility index (Phi) is 5.04. The van der Waals surface area contributed by atoms with Gasteiger partial charge >= 0.3 is 5.97 Å². The van der Waals surface area contributed by atoms with Crippen molar-refractivity contribution in [2.24, 2.45) is 5.92 Å². The lowest BCUT2D eigenvalue weighted by molar-refractivity contribution is 0.0594. The molecule has 0 spiro atoms. The van der Waals surface area contributed by atoms with Gasteiger partial charge in [0.1, 0.15) is 0 Å². The normalized spacial score (nSPS) is 21.9. The van der Waals surface area contributed by atoms with Crippen molar-refractivity contribution in [2.75, 3.05) is 39.8 Å². The Hall–Kier alpha value is -1.47. The minimum Gasteiger partial charge on any atom is -0.464 e. The zero-order chi connectivity index (χ0) is 15.4. The summed E-state index contributed by atoms with van der Waals surface area (Å²) in [6.07, 6.45) is 6.43. The van der Waals surface area contributed by atoms with E-state index in [-0.39, 0.29) is 0 Å². The molecule has 122 valence electrons. The Labute approximate surface area is 131 Å². The maximum absolute atomic E-state index is 11.4. The molecular weight excluding hydrogens is 282 g/mol. The van der Waals surface area contributed by atoms with Crippen molar-refractivity contribution in [3.05, 3.63) is 11.9 Å². The minimum absolute atomic E-state index is 0.291. The number of nitrogens with zero attached hydrogens (tertiary/aromatic N) is 4. The van der Waals surface area contributed by atoms with Gasteiger partial charge in [-0.25, -0.2) is 9.48 Å². The minimum atomic E-state index is -0.422. The summed E-state index contributed by atoms with van der Waals surface area (Å²) in [5.74, 6) is 0.421. The van der Waals surface area contributed by atoms with Crippen LogP contribution in [0, 0.1) is 5.92 Å². The number of hydrogen-bond acceptors (Lipinski definition) is 6. The van der Waals surface area contributed by atoms with E-state index in [0.29, 0.717) is 11.7 Å². The van der Waals surface area contributed by atoms with Crippen molar-refractivity contribution in [1.29, 1.82) is 0 Å². The molecule has 1 aromatic heterocycles. The lowest BCUT2D eigenvalue weighted by atomic mass is 9.96. The van der Waals surface area contributed by atoms with Crippen LogP contribution >= 0.6 is 0 Å². The molecule has 7 nitrogen and oxygen atoms in total. The smallest absolute Gasteiger partial charge is 0.360 e. The predicted molar refractivity (Wildman–Crippen MR) is 81.7 cm³/mol. The number of aromatic nitrogens is 3. The first-order valence-corrected chi connectivity index (χ1v) is 8.19. The molecule has 2 saturated heterocycles. The number of methoxy groups -OCH3 is 1. The summed E-state index contributed by atoms with van der Waals surface area (Å²) < 4.78 is 6.50. The van der Waals surface area contributed by atoms with Crippen LogP contribution in [0.15, 0.2) is 6.20 Å². The van der Waals surface area contributed by atoms with Gasteiger partial charge < -0.3 is 15.0 Å². The second kappa shape index (κ2) is 7.19. The Morgan fingerprint density at radius 2 is 2.05 bits per heavy atom. The van der Waals surface area contributed by atoms with E-state index in [1.54, 1.807) is 6.20 Å². The molecule has 0 aromatic carbocycles. The van der Waals surface area contributed by atoms with Crippen molar-refractivity contribution in [1.82, 2.24) is 25.2 Å². The first-order valence-electron chi connectivity index (χ1n) is 8.19. The third kappa shape index (κ3) is 3.64. The van der Waals surface area contributed by atoms with Gasteiger partial charge in [0.2, 0.25) is 0 Å². The van der Waals surface area contributed by atoms with Crippen LogP contribution in [0.4, 0.5) is 0 Å². The molecule has 0 atom stereocenters. The van der Waals surface area contributed by atoms with Crippen molar-refractivity contribution in [3.8, 4) is 0 Å². The molecule has 0 bridgehead atoms. The highest BCUT2D eigenvalue weighted by molar-refractivity contribution is 5.86. The SMILES string of the molecule is COC(=O)c1cn(C2CCN(CC3CCNCC3)CC2)nn1. The van der Waals surface area contributed by atoms with Gasteiger partial charge in [-0.05, 0) is 44.7 Å². The second-order valence-corrected chi connectivity index (χ2v) is 6.30. The highest BCUT2D eigenvalue weighted by Crippen LogP contribution is 2.23. The maximum atomic E-state index is 11.4. The summed E-state index contributed by atoms with van der Waals surface area (Å²) in [4.78, 5) is 14.0. The molecule has 2 aliphatic heterocycles. The Morgan fingerprint density at radius 1 is 1.32 bits per heavy atom. The van der Waals surface area contributed by atoms with Crippen LogP contribution in [0.3, 0.4) is 0 Å². The van der Waals surface area contributed by atoms with Crippen molar-refractivity contribution in [2.45, 2.75) is 31.7 Å². The Bertz CT molecular complexity index is 490. The second-order valence-electron chi connectivity index (χ2n) is 6.30. The van der Waals surface area contributed by atoms with E-state index in [9.17, 15) is 4.79 Å². The fraction of sp³-hybridized carbons (Fsp3) is 0.800. The van der Waals surface area contributed by atoms with Gasteiger partial charge in [-0.3, -0.25) is 0 Å².